The third kappa shape index (κ3) is 8.53. The van der Waals surface area contributed by atoms with Gasteiger partial charge in [-0.25, -0.2) is 9.37 Å². The number of hydrogen-bond acceptors (Lipinski definition) is 7. The number of halogens is 1. The second kappa shape index (κ2) is 14.3. The minimum Gasteiger partial charge on any atom is -0.404 e. The lowest BCUT2D eigenvalue weighted by Gasteiger charge is -2.38. The van der Waals surface area contributed by atoms with E-state index in [1.54, 1.807) is 18.6 Å². The maximum Gasteiger partial charge on any atom is 0.130 e. The van der Waals surface area contributed by atoms with Crippen molar-refractivity contribution in [3.05, 3.63) is 71.9 Å². The highest BCUT2D eigenvalue weighted by Crippen LogP contribution is 2.20. The molecule has 37 heavy (non-hydrogen) atoms. The van der Waals surface area contributed by atoms with E-state index in [9.17, 15) is 4.39 Å². The van der Waals surface area contributed by atoms with Crippen LogP contribution in [-0.2, 0) is 4.74 Å². The van der Waals surface area contributed by atoms with E-state index < -0.39 is 6.67 Å². The normalized spacial score (nSPS) is 15.9. The molecule has 1 saturated heterocycles. The molecule has 2 aromatic heterocycles. The van der Waals surface area contributed by atoms with Crippen LogP contribution >= 0.6 is 0 Å². The number of likely N-dealkylation sites (tertiary alicyclic amines) is 1. The van der Waals surface area contributed by atoms with Crippen LogP contribution in [0.15, 0.2) is 71.3 Å². The van der Waals surface area contributed by atoms with Gasteiger partial charge in [0.2, 0.25) is 0 Å². The lowest BCUT2D eigenvalue weighted by molar-refractivity contribution is -0.0381. The summed E-state index contributed by atoms with van der Waals surface area (Å²) in [6.45, 7) is 10.5. The van der Waals surface area contributed by atoms with Crippen molar-refractivity contribution < 1.29 is 9.13 Å². The molecular weight excluding hydrogens is 467 g/mol. The number of allylic oxidation sites excluding steroid dienone is 5. The zero-order valence-electron chi connectivity index (χ0n) is 22.3. The van der Waals surface area contributed by atoms with Crippen LogP contribution in [0.3, 0.4) is 0 Å². The third-order valence-corrected chi connectivity index (χ3v) is 6.04. The van der Waals surface area contributed by atoms with Crippen LogP contribution in [0.5, 0.6) is 0 Å². The number of aromatic nitrogens is 2. The number of ether oxygens (including phenoxy) is 1. The number of aliphatic imine (C=N–C) groups is 1. The Bertz CT molecular complexity index is 1180. The molecule has 3 N–H and O–H groups in total. The van der Waals surface area contributed by atoms with Gasteiger partial charge in [-0.15, -0.1) is 0 Å². The van der Waals surface area contributed by atoms with E-state index in [1.165, 1.54) is 5.57 Å². The molecule has 0 atom stereocenters. The van der Waals surface area contributed by atoms with E-state index in [2.05, 4.69) is 59.2 Å². The highest BCUT2D eigenvalue weighted by Gasteiger charge is 2.24. The van der Waals surface area contributed by atoms with Crippen molar-refractivity contribution >= 4 is 28.6 Å². The number of nitrogens with zero attached hydrogens (tertiary/aromatic N) is 4. The minimum atomic E-state index is -0.429. The molecule has 198 valence electrons. The summed E-state index contributed by atoms with van der Waals surface area (Å²) in [5, 5.41) is 3.38. The Labute approximate surface area is 219 Å². The molecule has 3 heterocycles. The minimum absolute atomic E-state index is 0.143. The summed E-state index contributed by atoms with van der Waals surface area (Å²) >= 11 is 0. The SMILES string of the molecule is C/C=C(\C=C(/C)Nc1ccc2ncc(C(C=NCC/C=C\N3CC(OCCF)C3)=CN)cc2n1)C(C)C. The number of fused-ring (bicyclic) bond motifs is 1. The van der Waals surface area contributed by atoms with Crippen molar-refractivity contribution in [2.45, 2.75) is 40.2 Å². The molecule has 0 bridgehead atoms. The monoisotopic (exact) mass is 506 g/mol. The van der Waals surface area contributed by atoms with Crippen LogP contribution in [0.25, 0.3) is 16.6 Å². The average Bonchev–Trinajstić information content (AvgIpc) is 2.86. The lowest BCUT2D eigenvalue weighted by atomic mass is 10.0. The van der Waals surface area contributed by atoms with Crippen molar-refractivity contribution in [3.8, 4) is 0 Å². The Kier molecular flexibility index (Phi) is 10.8. The summed E-state index contributed by atoms with van der Waals surface area (Å²) in [6.07, 6.45) is 14.5. The van der Waals surface area contributed by atoms with Crippen LogP contribution in [0.2, 0.25) is 0 Å². The Morgan fingerprint density at radius 1 is 1.32 bits per heavy atom. The Hall–Kier alpha value is -3.52. The standard InChI is InChI=1S/C29H39FN6O/c1-5-23(21(2)3)14-22(4)34-29-9-8-27-28(35-29)15-24(18-33-27)25(16-31)17-32-11-6-7-12-36-19-26(20-36)37-13-10-30/h5,7-9,12,14-18,21,26H,6,10-11,13,19-20,31H2,1-4H3,(H,34,35)/b12-7-,22-14+,23-5+,25-16?,32-17?. The quantitative estimate of drug-likeness (QED) is 0.212. The molecular formula is C29H39FN6O. The van der Waals surface area contributed by atoms with Crippen LogP contribution in [0, 0.1) is 5.92 Å². The van der Waals surface area contributed by atoms with Gasteiger partial charge in [0.05, 0.1) is 23.7 Å². The summed E-state index contributed by atoms with van der Waals surface area (Å²) < 4.78 is 17.5. The fourth-order valence-corrected chi connectivity index (χ4v) is 3.96. The van der Waals surface area contributed by atoms with Crippen molar-refractivity contribution in [2.75, 3.05) is 38.2 Å². The van der Waals surface area contributed by atoms with Gasteiger partial charge in [-0.05, 0) is 62.2 Å². The highest BCUT2D eigenvalue weighted by atomic mass is 19.1. The third-order valence-electron chi connectivity index (χ3n) is 6.04. The molecule has 1 aliphatic heterocycles. The Balaban J connectivity index is 1.57. The highest BCUT2D eigenvalue weighted by molar-refractivity contribution is 6.10. The fraction of sp³-hybridized carbons (Fsp3) is 0.414. The predicted octanol–water partition coefficient (Wildman–Crippen LogP) is 5.49. The maximum absolute atomic E-state index is 12.1. The second-order valence-corrected chi connectivity index (χ2v) is 9.32. The largest absolute Gasteiger partial charge is 0.404 e. The number of alkyl halides is 1. The van der Waals surface area contributed by atoms with Gasteiger partial charge in [0.1, 0.15) is 12.5 Å². The van der Waals surface area contributed by atoms with Crippen molar-refractivity contribution in [2.24, 2.45) is 16.6 Å². The number of pyridine rings is 2. The number of anilines is 1. The number of nitrogens with one attached hydrogen (secondary N) is 1. The molecule has 3 rings (SSSR count). The zero-order chi connectivity index (χ0) is 26.6. The van der Waals surface area contributed by atoms with Gasteiger partial charge < -0.3 is 20.7 Å². The molecule has 7 nitrogen and oxygen atoms in total. The molecule has 2 aromatic rings. The van der Waals surface area contributed by atoms with Crippen LogP contribution in [0.1, 0.15) is 39.7 Å². The van der Waals surface area contributed by atoms with Gasteiger partial charge in [0.15, 0.2) is 0 Å². The first-order valence-corrected chi connectivity index (χ1v) is 12.8. The Morgan fingerprint density at radius 2 is 2.14 bits per heavy atom. The molecule has 1 fully saturated rings. The average molecular weight is 507 g/mol. The summed E-state index contributed by atoms with van der Waals surface area (Å²) in [5.74, 6) is 1.22. The van der Waals surface area contributed by atoms with Gasteiger partial charge in [-0.1, -0.05) is 26.0 Å². The summed E-state index contributed by atoms with van der Waals surface area (Å²) in [5.41, 5.74) is 11.5. The van der Waals surface area contributed by atoms with Crippen LogP contribution < -0.4 is 11.1 Å². The van der Waals surface area contributed by atoms with E-state index in [0.29, 0.717) is 12.5 Å². The van der Waals surface area contributed by atoms with Gasteiger partial charge >= 0.3 is 0 Å². The first-order chi connectivity index (χ1) is 17.9. The van der Waals surface area contributed by atoms with E-state index in [4.69, 9.17) is 15.5 Å². The Morgan fingerprint density at radius 3 is 2.84 bits per heavy atom. The zero-order valence-corrected chi connectivity index (χ0v) is 22.3. The van der Waals surface area contributed by atoms with Gasteiger partial charge in [-0.3, -0.25) is 9.98 Å². The van der Waals surface area contributed by atoms with Crippen LogP contribution in [0.4, 0.5) is 10.2 Å². The van der Waals surface area contributed by atoms with E-state index >= 15 is 0 Å². The molecule has 8 heteroatoms. The van der Waals surface area contributed by atoms with Gasteiger partial charge in [0.25, 0.3) is 0 Å². The molecule has 0 radical (unpaired) electrons. The first kappa shape index (κ1) is 28.1. The number of nitrogens with two attached hydrogens (primary N) is 1. The molecule has 0 saturated carbocycles. The molecule has 0 aromatic carbocycles. The summed E-state index contributed by atoms with van der Waals surface area (Å²) in [7, 11) is 0. The number of hydrogen-bond donors (Lipinski definition) is 2. The van der Waals surface area contributed by atoms with Crippen LogP contribution in [-0.4, -0.2) is 60.1 Å². The van der Waals surface area contributed by atoms with Crippen molar-refractivity contribution in [1.82, 2.24) is 14.9 Å². The van der Waals surface area contributed by atoms with Crippen molar-refractivity contribution in [1.29, 1.82) is 0 Å². The molecule has 0 spiro atoms. The number of rotatable bonds is 13. The van der Waals surface area contributed by atoms with E-state index in [0.717, 1.165) is 53.2 Å². The first-order valence-electron chi connectivity index (χ1n) is 12.8. The maximum atomic E-state index is 12.1. The van der Waals surface area contributed by atoms with E-state index in [-0.39, 0.29) is 12.7 Å². The smallest absolute Gasteiger partial charge is 0.130 e. The molecule has 1 aliphatic rings. The predicted molar refractivity (Wildman–Crippen MR) is 152 cm³/mol. The second-order valence-electron chi connectivity index (χ2n) is 9.32. The van der Waals surface area contributed by atoms with Crippen molar-refractivity contribution in [3.63, 3.8) is 0 Å². The summed E-state index contributed by atoms with van der Waals surface area (Å²) in [4.78, 5) is 16.0. The van der Waals surface area contributed by atoms with E-state index in [1.807, 2.05) is 31.3 Å². The van der Waals surface area contributed by atoms with Gasteiger partial charge in [0, 0.05) is 55.1 Å². The summed E-state index contributed by atoms with van der Waals surface area (Å²) in [6, 6.07) is 5.87. The molecule has 0 aliphatic carbocycles. The molecule has 0 amide bonds. The van der Waals surface area contributed by atoms with Gasteiger partial charge in [-0.2, -0.15) is 0 Å². The molecule has 0 unspecified atom stereocenters. The lowest BCUT2D eigenvalue weighted by Crippen LogP contribution is -2.49. The fourth-order valence-electron chi connectivity index (χ4n) is 3.96. The topological polar surface area (TPSA) is 88.7 Å².